The van der Waals surface area contributed by atoms with E-state index in [-0.39, 0.29) is 5.82 Å². The molecule has 1 saturated heterocycles. The summed E-state index contributed by atoms with van der Waals surface area (Å²) >= 11 is 0. The molecule has 0 spiro atoms. The number of aryl methyl sites for hydroxylation is 1. The molecule has 0 bridgehead atoms. The minimum Gasteiger partial charge on any atom is -0.341 e. The van der Waals surface area contributed by atoms with Crippen molar-refractivity contribution in [3.63, 3.8) is 0 Å². The average Bonchev–Trinajstić information content (AvgIpc) is 3.06. The van der Waals surface area contributed by atoms with Gasteiger partial charge in [-0.2, -0.15) is 0 Å². The molecule has 1 aromatic carbocycles. The minimum atomic E-state index is -0.175. The highest BCUT2D eigenvalue weighted by molar-refractivity contribution is 5.89. The Kier molecular flexibility index (Phi) is 4.46. The molecule has 0 radical (unpaired) electrons. The van der Waals surface area contributed by atoms with Gasteiger partial charge in [0.05, 0.1) is 5.70 Å². The van der Waals surface area contributed by atoms with Crippen LogP contribution in [0.3, 0.4) is 0 Å². The van der Waals surface area contributed by atoms with E-state index in [1.54, 1.807) is 12.4 Å². The summed E-state index contributed by atoms with van der Waals surface area (Å²) < 4.78 is 13.0. The Bertz CT molecular complexity index is 783. The monoisotopic (exact) mass is 336 g/mol. The van der Waals surface area contributed by atoms with Crippen LogP contribution in [0.4, 0.5) is 4.39 Å². The lowest BCUT2D eigenvalue weighted by Gasteiger charge is -2.26. The standard InChI is InChI=1S/C20H21FN4/c21-18-5-3-16(4-6-18)2-1-12-24-14-15-25-13-9-19(23-20(24)25)17-7-10-22-11-8-17/h3-11H,1-2,12-15H2. The second kappa shape index (κ2) is 7.05. The van der Waals surface area contributed by atoms with Crippen molar-refractivity contribution in [2.45, 2.75) is 12.8 Å². The summed E-state index contributed by atoms with van der Waals surface area (Å²) in [4.78, 5) is 13.6. The Hall–Kier alpha value is -2.69. The van der Waals surface area contributed by atoms with E-state index in [0.717, 1.165) is 56.2 Å². The second-order valence-corrected chi connectivity index (χ2v) is 6.40. The van der Waals surface area contributed by atoms with Crippen LogP contribution in [0.1, 0.15) is 17.5 Å². The summed E-state index contributed by atoms with van der Waals surface area (Å²) in [5.41, 5.74) is 3.32. The van der Waals surface area contributed by atoms with Crippen LogP contribution in [0.5, 0.6) is 0 Å². The highest BCUT2D eigenvalue weighted by atomic mass is 19.1. The second-order valence-electron chi connectivity index (χ2n) is 6.40. The lowest BCUT2D eigenvalue weighted by molar-refractivity contribution is 0.450. The molecule has 25 heavy (non-hydrogen) atoms. The quantitative estimate of drug-likeness (QED) is 0.840. The number of benzene rings is 1. The largest absolute Gasteiger partial charge is 0.341 e. The van der Waals surface area contributed by atoms with Crippen LogP contribution in [-0.4, -0.2) is 46.9 Å². The Morgan fingerprint density at radius 2 is 1.80 bits per heavy atom. The molecule has 0 N–H and O–H groups in total. The topological polar surface area (TPSA) is 31.7 Å². The fraction of sp³-hybridized carbons (Fsp3) is 0.300. The molecule has 1 aromatic heterocycles. The van der Waals surface area contributed by atoms with E-state index in [1.807, 2.05) is 24.3 Å². The lowest BCUT2D eigenvalue weighted by Crippen LogP contribution is -2.36. The minimum absolute atomic E-state index is 0.175. The van der Waals surface area contributed by atoms with Gasteiger partial charge in [-0.1, -0.05) is 12.1 Å². The van der Waals surface area contributed by atoms with Gasteiger partial charge in [-0.3, -0.25) is 4.98 Å². The maximum Gasteiger partial charge on any atom is 0.202 e. The first-order valence-electron chi connectivity index (χ1n) is 8.73. The first-order chi connectivity index (χ1) is 12.3. The Morgan fingerprint density at radius 1 is 1.00 bits per heavy atom. The van der Waals surface area contributed by atoms with Crippen molar-refractivity contribution in [3.8, 4) is 0 Å². The van der Waals surface area contributed by atoms with Gasteiger partial charge in [-0.05, 0) is 48.7 Å². The van der Waals surface area contributed by atoms with Crippen LogP contribution in [-0.2, 0) is 6.42 Å². The smallest absolute Gasteiger partial charge is 0.202 e. The van der Waals surface area contributed by atoms with Crippen molar-refractivity contribution < 1.29 is 4.39 Å². The normalized spacial score (nSPS) is 16.5. The molecule has 4 rings (SSSR count). The highest BCUT2D eigenvalue weighted by Gasteiger charge is 2.28. The molecule has 0 atom stereocenters. The maximum atomic E-state index is 13.0. The number of guanidine groups is 1. The average molecular weight is 336 g/mol. The summed E-state index contributed by atoms with van der Waals surface area (Å²) in [6.45, 7) is 3.91. The zero-order valence-corrected chi connectivity index (χ0v) is 14.1. The van der Waals surface area contributed by atoms with Gasteiger partial charge < -0.3 is 9.80 Å². The third-order valence-electron chi connectivity index (χ3n) is 4.71. The number of pyridine rings is 1. The van der Waals surface area contributed by atoms with Gasteiger partial charge in [0.15, 0.2) is 0 Å². The van der Waals surface area contributed by atoms with Crippen LogP contribution in [0.2, 0.25) is 0 Å². The van der Waals surface area contributed by atoms with Crippen LogP contribution < -0.4 is 0 Å². The summed E-state index contributed by atoms with van der Waals surface area (Å²) in [7, 11) is 0. The first-order valence-corrected chi connectivity index (χ1v) is 8.73. The van der Waals surface area contributed by atoms with E-state index in [4.69, 9.17) is 4.99 Å². The zero-order valence-electron chi connectivity index (χ0n) is 14.1. The first kappa shape index (κ1) is 15.8. The molecule has 2 aliphatic rings. The summed E-state index contributed by atoms with van der Waals surface area (Å²) in [6.07, 6.45) is 7.78. The third kappa shape index (κ3) is 3.55. The molecule has 128 valence electrons. The number of hydrogen-bond donors (Lipinski definition) is 0. The third-order valence-corrected chi connectivity index (χ3v) is 4.71. The number of halogens is 1. The predicted octanol–water partition coefficient (Wildman–Crippen LogP) is 3.18. The van der Waals surface area contributed by atoms with Crippen molar-refractivity contribution in [1.82, 2.24) is 14.8 Å². The van der Waals surface area contributed by atoms with Crippen molar-refractivity contribution in [3.05, 3.63) is 71.8 Å². The molecule has 4 nitrogen and oxygen atoms in total. The van der Waals surface area contributed by atoms with Crippen molar-refractivity contribution in [2.24, 2.45) is 4.99 Å². The number of aliphatic imine (C=N–C) groups is 1. The van der Waals surface area contributed by atoms with Gasteiger partial charge >= 0.3 is 0 Å². The van der Waals surface area contributed by atoms with E-state index in [9.17, 15) is 4.39 Å². The van der Waals surface area contributed by atoms with Gasteiger partial charge in [0.2, 0.25) is 5.96 Å². The fourth-order valence-corrected chi connectivity index (χ4v) is 3.35. The SMILES string of the molecule is Fc1ccc(CCCN2CCN3CC=C(c4ccncc4)N=C32)cc1. The van der Waals surface area contributed by atoms with E-state index in [0.29, 0.717) is 0 Å². The van der Waals surface area contributed by atoms with Gasteiger partial charge in [0.1, 0.15) is 5.82 Å². The van der Waals surface area contributed by atoms with E-state index < -0.39 is 0 Å². The van der Waals surface area contributed by atoms with Crippen molar-refractivity contribution in [2.75, 3.05) is 26.2 Å². The molecule has 2 aliphatic heterocycles. The molecule has 0 aliphatic carbocycles. The Labute approximate surface area is 147 Å². The molecule has 5 heteroatoms. The number of rotatable bonds is 5. The van der Waals surface area contributed by atoms with Crippen LogP contribution >= 0.6 is 0 Å². The van der Waals surface area contributed by atoms with Gasteiger partial charge in [0, 0.05) is 44.1 Å². The highest BCUT2D eigenvalue weighted by Crippen LogP contribution is 2.23. The number of aromatic nitrogens is 1. The molecule has 0 saturated carbocycles. The van der Waals surface area contributed by atoms with Crippen molar-refractivity contribution in [1.29, 1.82) is 0 Å². The molecule has 2 aromatic rings. The van der Waals surface area contributed by atoms with Crippen LogP contribution in [0.15, 0.2) is 59.9 Å². The number of fused-ring (bicyclic) bond motifs is 1. The van der Waals surface area contributed by atoms with Gasteiger partial charge in [-0.15, -0.1) is 0 Å². The predicted molar refractivity (Wildman–Crippen MR) is 97.5 cm³/mol. The molecule has 3 heterocycles. The van der Waals surface area contributed by atoms with Crippen LogP contribution in [0, 0.1) is 5.82 Å². The van der Waals surface area contributed by atoms with Crippen LogP contribution in [0.25, 0.3) is 5.70 Å². The Balaban J connectivity index is 1.40. The van der Waals surface area contributed by atoms with E-state index in [1.165, 1.54) is 17.7 Å². The molecular formula is C20H21FN4. The molecule has 0 amide bonds. The van der Waals surface area contributed by atoms with Gasteiger partial charge in [0.25, 0.3) is 0 Å². The molecule has 1 fully saturated rings. The van der Waals surface area contributed by atoms with Crippen molar-refractivity contribution >= 4 is 11.7 Å². The van der Waals surface area contributed by atoms with E-state index in [2.05, 4.69) is 20.9 Å². The Morgan fingerprint density at radius 3 is 2.60 bits per heavy atom. The fourth-order valence-electron chi connectivity index (χ4n) is 3.35. The summed E-state index contributed by atoms with van der Waals surface area (Å²) in [6, 6.07) is 10.8. The lowest BCUT2D eigenvalue weighted by atomic mass is 10.1. The zero-order chi connectivity index (χ0) is 17.1. The summed E-state index contributed by atoms with van der Waals surface area (Å²) in [5, 5.41) is 0. The summed E-state index contributed by atoms with van der Waals surface area (Å²) in [5.74, 6) is 0.902. The number of nitrogens with zero attached hydrogens (tertiary/aromatic N) is 4. The number of hydrogen-bond acceptors (Lipinski definition) is 4. The van der Waals surface area contributed by atoms with E-state index >= 15 is 0 Å². The maximum absolute atomic E-state index is 13.0. The van der Waals surface area contributed by atoms with Gasteiger partial charge in [-0.25, -0.2) is 9.38 Å². The molecule has 0 unspecified atom stereocenters. The molecular weight excluding hydrogens is 315 g/mol.